The quantitative estimate of drug-likeness (QED) is 0.921. The standard InChI is InChI=1S/C19H29NO3/c1-12(2)7-14-11-20-6-5-13-8-18(22-3)19(23-4)9-15(13)16(20)10-17(14)21/h8-9,12,14,16-17,21H,5-7,10-11H2,1-4H3/i3D3,5D2,6D2,10D2,14D,17D. The molecule has 2 aliphatic heterocycles. The molecular formula is C19H29NO3. The third-order valence-electron chi connectivity index (χ3n) is 4.01. The van der Waals surface area contributed by atoms with Gasteiger partial charge in [-0.1, -0.05) is 13.8 Å². The largest absolute Gasteiger partial charge is 0.493 e. The van der Waals surface area contributed by atoms with Crippen LogP contribution in [0, 0.1) is 11.8 Å². The van der Waals surface area contributed by atoms with Gasteiger partial charge in [0.15, 0.2) is 11.5 Å². The average molecular weight is 331 g/mol. The smallest absolute Gasteiger partial charge is 0.161 e. The molecule has 4 heteroatoms. The lowest BCUT2D eigenvalue weighted by Gasteiger charge is -2.46. The van der Waals surface area contributed by atoms with Crippen molar-refractivity contribution in [2.75, 3.05) is 27.2 Å². The predicted molar refractivity (Wildman–Crippen MR) is 91.1 cm³/mol. The maximum Gasteiger partial charge on any atom is 0.161 e. The van der Waals surface area contributed by atoms with Crippen LogP contribution in [-0.2, 0) is 6.37 Å². The Hall–Kier alpha value is -1.26. The maximum atomic E-state index is 11.1. The molecule has 1 fully saturated rings. The Morgan fingerprint density at radius 3 is 2.91 bits per heavy atom. The van der Waals surface area contributed by atoms with Gasteiger partial charge < -0.3 is 14.6 Å². The Labute approximate surface area is 154 Å². The van der Waals surface area contributed by atoms with E-state index in [4.69, 9.17) is 24.6 Å². The van der Waals surface area contributed by atoms with Crippen molar-refractivity contribution in [1.82, 2.24) is 4.90 Å². The second-order valence-electron chi connectivity index (χ2n) is 6.15. The topological polar surface area (TPSA) is 41.9 Å². The number of methoxy groups -OCH3 is 2. The third kappa shape index (κ3) is 3.20. The Kier molecular flexibility index (Phi) is 2.26. The van der Waals surface area contributed by atoms with E-state index in [9.17, 15) is 5.11 Å². The molecule has 2 aliphatic rings. The molecule has 0 saturated carbocycles. The first-order valence-electron chi connectivity index (χ1n) is 13.0. The van der Waals surface area contributed by atoms with Gasteiger partial charge in [0.05, 0.1) is 25.7 Å². The summed E-state index contributed by atoms with van der Waals surface area (Å²) in [6.45, 7) is -0.0453. The molecule has 1 saturated heterocycles. The van der Waals surface area contributed by atoms with Crippen molar-refractivity contribution < 1.29 is 29.7 Å². The number of piperidine rings is 1. The highest BCUT2D eigenvalue weighted by Crippen LogP contribution is 2.43. The summed E-state index contributed by atoms with van der Waals surface area (Å²) in [6, 6.07) is 0.435. The molecule has 128 valence electrons. The highest BCUT2D eigenvalue weighted by molar-refractivity contribution is 5.49. The fraction of sp³-hybridized carbons (Fsp3) is 0.684. The number of ether oxygens (including phenoxy) is 2. The molecule has 3 atom stereocenters. The minimum absolute atomic E-state index is 0.128. The molecule has 0 radical (unpaired) electrons. The molecule has 1 aromatic carbocycles. The molecule has 3 rings (SSSR count). The second kappa shape index (κ2) is 6.70. The zero-order valence-electron chi connectivity index (χ0n) is 24.4. The van der Waals surface area contributed by atoms with Crippen LogP contribution in [0.4, 0.5) is 0 Å². The summed E-state index contributed by atoms with van der Waals surface area (Å²) in [7, 11) is -1.72. The minimum Gasteiger partial charge on any atom is -0.493 e. The van der Waals surface area contributed by atoms with E-state index < -0.39 is 50.8 Å². The Balaban J connectivity index is 2.33. The highest BCUT2D eigenvalue weighted by atomic mass is 16.5. The van der Waals surface area contributed by atoms with Crippen molar-refractivity contribution in [3.8, 4) is 11.5 Å². The number of fused-ring (bicyclic) bond motifs is 3. The molecule has 4 nitrogen and oxygen atoms in total. The molecule has 0 bridgehead atoms. The zero-order valence-corrected chi connectivity index (χ0v) is 13.4. The van der Waals surface area contributed by atoms with Gasteiger partial charge in [-0.3, -0.25) is 4.90 Å². The number of aliphatic hydroxyl groups is 1. The van der Waals surface area contributed by atoms with Crippen LogP contribution < -0.4 is 9.47 Å². The van der Waals surface area contributed by atoms with Crippen LogP contribution in [0.25, 0.3) is 0 Å². The van der Waals surface area contributed by atoms with Crippen molar-refractivity contribution in [2.45, 2.75) is 45.1 Å². The van der Waals surface area contributed by atoms with Crippen molar-refractivity contribution in [3.05, 3.63) is 23.3 Å². The summed E-state index contributed by atoms with van der Waals surface area (Å²) >= 11 is 0. The van der Waals surface area contributed by atoms with Crippen molar-refractivity contribution in [2.24, 2.45) is 11.8 Å². The minimum atomic E-state index is -2.98. The van der Waals surface area contributed by atoms with Gasteiger partial charge >= 0.3 is 0 Å². The van der Waals surface area contributed by atoms with E-state index in [0.29, 0.717) is 0 Å². The predicted octanol–water partition coefficient (Wildman–Crippen LogP) is 3.03. The van der Waals surface area contributed by atoms with Crippen molar-refractivity contribution >= 4 is 0 Å². The van der Waals surface area contributed by atoms with Crippen molar-refractivity contribution in [3.63, 3.8) is 0 Å². The summed E-state index contributed by atoms with van der Waals surface area (Å²) < 4.78 is 102. The van der Waals surface area contributed by atoms with Gasteiger partial charge in [-0.15, -0.1) is 0 Å². The van der Waals surface area contributed by atoms with Crippen LogP contribution in [-0.4, -0.2) is 43.3 Å². The summed E-state index contributed by atoms with van der Waals surface area (Å²) in [5, 5.41) is 11.1. The van der Waals surface area contributed by atoms with E-state index in [1.165, 1.54) is 7.11 Å². The normalized spacial score (nSPS) is 48.0. The van der Waals surface area contributed by atoms with E-state index in [1.807, 2.05) is 0 Å². The molecule has 0 spiro atoms. The molecular weight excluding hydrogens is 290 g/mol. The van der Waals surface area contributed by atoms with E-state index in [-0.39, 0.29) is 35.0 Å². The molecule has 1 N–H and O–H groups in total. The van der Waals surface area contributed by atoms with Crippen LogP contribution in [0.1, 0.15) is 58.9 Å². The molecule has 0 aliphatic carbocycles. The van der Waals surface area contributed by atoms with Gasteiger partial charge in [0.1, 0.15) is 0 Å². The van der Waals surface area contributed by atoms with Gasteiger partial charge in [0, 0.05) is 28.7 Å². The fourth-order valence-corrected chi connectivity index (χ4v) is 2.97. The van der Waals surface area contributed by atoms with Crippen LogP contribution in [0.2, 0.25) is 0 Å². The lowest BCUT2D eigenvalue weighted by Crippen LogP contribution is -2.48. The average Bonchev–Trinajstić information content (AvgIpc) is 2.63. The summed E-state index contributed by atoms with van der Waals surface area (Å²) in [4.78, 5) is 0.859. The lowest BCUT2D eigenvalue weighted by atomic mass is 9.79. The SMILES string of the molecule is [2H]C([2H])([2H])Oc1cc2c(cc1OC)C1N(CC([2H])(CC(C)C)C([2H])(O)C1([2H])[2H])C([2H])([2H])C2([2H])[2H]. The van der Waals surface area contributed by atoms with Crippen LogP contribution in [0.3, 0.4) is 0 Å². The number of nitrogens with zero attached hydrogens (tertiary/aromatic N) is 1. The van der Waals surface area contributed by atoms with E-state index in [0.717, 1.165) is 17.0 Å². The van der Waals surface area contributed by atoms with Gasteiger partial charge in [-0.05, 0) is 54.2 Å². The second-order valence-corrected chi connectivity index (χ2v) is 6.15. The van der Waals surface area contributed by atoms with Gasteiger partial charge in [0.2, 0.25) is 0 Å². The molecule has 23 heavy (non-hydrogen) atoms. The highest BCUT2D eigenvalue weighted by Gasteiger charge is 2.38. The first-order chi connectivity index (χ1) is 15.1. The molecule has 0 amide bonds. The summed E-state index contributed by atoms with van der Waals surface area (Å²) in [5.74, 6) is -2.96. The monoisotopic (exact) mass is 330 g/mol. The van der Waals surface area contributed by atoms with Crippen LogP contribution in [0.5, 0.6) is 11.5 Å². The molecule has 3 unspecified atom stereocenters. The Morgan fingerprint density at radius 2 is 2.22 bits per heavy atom. The van der Waals surface area contributed by atoms with E-state index >= 15 is 0 Å². The van der Waals surface area contributed by atoms with Gasteiger partial charge in [-0.25, -0.2) is 0 Å². The summed E-state index contributed by atoms with van der Waals surface area (Å²) in [5.41, 5.74) is -0.517. The number of hydrogen-bond acceptors (Lipinski definition) is 4. The first kappa shape index (κ1) is 7.75. The number of hydrogen-bond donors (Lipinski definition) is 1. The molecule has 1 aromatic rings. The Bertz CT molecular complexity index is 964. The van der Waals surface area contributed by atoms with E-state index in [1.54, 1.807) is 13.8 Å². The lowest BCUT2D eigenvalue weighted by molar-refractivity contribution is -0.0191. The zero-order chi connectivity index (χ0) is 26.3. The van der Waals surface area contributed by atoms with Gasteiger partial charge in [-0.2, -0.15) is 0 Å². The van der Waals surface area contributed by atoms with Gasteiger partial charge in [0.25, 0.3) is 0 Å². The summed E-state index contributed by atoms with van der Waals surface area (Å²) in [6.07, 6.45) is -8.84. The van der Waals surface area contributed by atoms with E-state index in [2.05, 4.69) is 0 Å². The third-order valence-corrected chi connectivity index (χ3v) is 4.01. The van der Waals surface area contributed by atoms with Crippen LogP contribution in [0.15, 0.2) is 12.1 Å². The maximum absolute atomic E-state index is 11.1. The first-order valence-corrected chi connectivity index (χ1v) is 7.54. The van der Waals surface area contributed by atoms with Crippen LogP contribution >= 0.6 is 0 Å². The molecule has 0 aromatic heterocycles. The number of benzene rings is 1. The fourth-order valence-electron chi connectivity index (χ4n) is 2.97. The number of aryl methyl sites for hydroxylation is 1. The number of rotatable bonds is 4. The Morgan fingerprint density at radius 1 is 1.43 bits per heavy atom. The molecule has 2 heterocycles. The van der Waals surface area contributed by atoms with Crippen molar-refractivity contribution in [1.29, 1.82) is 0 Å².